The summed E-state index contributed by atoms with van der Waals surface area (Å²) in [5, 5.41) is 10.4. The van der Waals surface area contributed by atoms with Gasteiger partial charge in [0.15, 0.2) is 5.76 Å². The van der Waals surface area contributed by atoms with Gasteiger partial charge in [-0.1, -0.05) is 11.6 Å². The minimum atomic E-state index is -1.02. The quantitative estimate of drug-likeness (QED) is 0.769. The molecule has 2 heterocycles. The zero-order valence-electron chi connectivity index (χ0n) is 10.6. The highest BCUT2D eigenvalue weighted by Gasteiger charge is 2.16. The predicted molar refractivity (Wildman–Crippen MR) is 76.2 cm³/mol. The Morgan fingerprint density at radius 2 is 2.15 bits per heavy atom. The molecule has 0 atom stereocenters. The molecule has 0 saturated carbocycles. The van der Waals surface area contributed by atoms with Gasteiger partial charge in [0.05, 0.1) is 17.3 Å². The van der Waals surface area contributed by atoms with Crippen LogP contribution >= 0.6 is 11.6 Å². The van der Waals surface area contributed by atoms with E-state index in [9.17, 15) is 9.90 Å². The lowest BCUT2D eigenvalue weighted by Crippen LogP contribution is -2.01. The number of hydrogen-bond donors (Lipinski definition) is 1. The van der Waals surface area contributed by atoms with E-state index in [1.54, 1.807) is 24.3 Å². The van der Waals surface area contributed by atoms with Gasteiger partial charge >= 0.3 is 5.97 Å². The molecule has 3 rings (SSSR count). The molecular weight excluding hydrogens is 278 g/mol. The number of aromatic nitrogens is 1. The molecule has 0 fully saturated rings. The molecule has 20 heavy (non-hydrogen) atoms. The molecule has 0 aliphatic heterocycles. The average Bonchev–Trinajstić information content (AvgIpc) is 2.91. The summed E-state index contributed by atoms with van der Waals surface area (Å²) in [6.07, 6.45) is 1.52. The first-order valence-corrected chi connectivity index (χ1v) is 6.32. The number of halogens is 1. The smallest absolute Gasteiger partial charge is 0.336 e. The molecule has 0 spiro atoms. The molecule has 0 amide bonds. The lowest BCUT2D eigenvalue weighted by Gasteiger charge is -2.08. The maximum atomic E-state index is 11.5. The normalized spacial score (nSPS) is 10.9. The lowest BCUT2D eigenvalue weighted by atomic mass is 10.0. The van der Waals surface area contributed by atoms with E-state index in [0.717, 1.165) is 5.56 Å². The number of rotatable bonds is 2. The molecule has 0 saturated heterocycles. The minimum absolute atomic E-state index is 0.159. The van der Waals surface area contributed by atoms with E-state index in [4.69, 9.17) is 16.0 Å². The van der Waals surface area contributed by atoms with Gasteiger partial charge in [0, 0.05) is 10.4 Å². The Morgan fingerprint density at radius 1 is 1.35 bits per heavy atom. The van der Waals surface area contributed by atoms with Gasteiger partial charge in [-0.15, -0.1) is 0 Å². The number of furan rings is 1. The largest absolute Gasteiger partial charge is 0.478 e. The van der Waals surface area contributed by atoms with E-state index < -0.39 is 5.97 Å². The van der Waals surface area contributed by atoms with Crippen LogP contribution < -0.4 is 0 Å². The van der Waals surface area contributed by atoms with Gasteiger partial charge in [-0.2, -0.15) is 0 Å². The third-order valence-corrected chi connectivity index (χ3v) is 3.29. The summed E-state index contributed by atoms with van der Waals surface area (Å²) in [4.78, 5) is 15.9. The molecule has 1 aromatic carbocycles. The Kier molecular flexibility index (Phi) is 2.95. The maximum absolute atomic E-state index is 11.5. The molecule has 1 N–H and O–H groups in total. The number of carboxylic acid groups (broad SMARTS) is 1. The van der Waals surface area contributed by atoms with E-state index in [1.807, 2.05) is 6.92 Å². The molecule has 0 bridgehead atoms. The van der Waals surface area contributed by atoms with Crippen molar-refractivity contribution in [3.05, 3.63) is 52.7 Å². The molecule has 4 nitrogen and oxygen atoms in total. The number of nitrogens with zero attached hydrogens (tertiary/aromatic N) is 1. The molecule has 2 aromatic heterocycles. The first-order valence-electron chi connectivity index (χ1n) is 5.94. The summed E-state index contributed by atoms with van der Waals surface area (Å²) in [6, 6.07) is 8.35. The molecule has 0 aliphatic carbocycles. The van der Waals surface area contributed by atoms with Crippen LogP contribution in [0.15, 0.2) is 41.0 Å². The fourth-order valence-corrected chi connectivity index (χ4v) is 2.46. The van der Waals surface area contributed by atoms with Crippen molar-refractivity contribution in [1.29, 1.82) is 0 Å². The number of carbonyl (C=O) groups is 1. The molecular formula is C15H10ClNO3. The van der Waals surface area contributed by atoms with Gasteiger partial charge in [0.25, 0.3) is 0 Å². The summed E-state index contributed by atoms with van der Waals surface area (Å²) < 4.78 is 5.29. The van der Waals surface area contributed by atoms with E-state index in [0.29, 0.717) is 27.4 Å². The van der Waals surface area contributed by atoms with Gasteiger partial charge in [0.2, 0.25) is 0 Å². The van der Waals surface area contributed by atoms with Crippen molar-refractivity contribution in [2.45, 2.75) is 6.92 Å². The van der Waals surface area contributed by atoms with Crippen LogP contribution in [-0.2, 0) is 0 Å². The molecule has 5 heteroatoms. The van der Waals surface area contributed by atoms with Crippen molar-refractivity contribution in [2.75, 3.05) is 0 Å². The lowest BCUT2D eigenvalue weighted by molar-refractivity contribution is 0.0699. The molecule has 0 unspecified atom stereocenters. The minimum Gasteiger partial charge on any atom is -0.478 e. The summed E-state index contributed by atoms with van der Waals surface area (Å²) in [7, 11) is 0. The maximum Gasteiger partial charge on any atom is 0.336 e. The van der Waals surface area contributed by atoms with Crippen LogP contribution in [0, 0.1) is 6.92 Å². The van der Waals surface area contributed by atoms with Crippen molar-refractivity contribution >= 4 is 28.5 Å². The summed E-state index contributed by atoms with van der Waals surface area (Å²) in [5.41, 5.74) is 2.08. The molecule has 3 aromatic rings. The van der Waals surface area contributed by atoms with E-state index in [-0.39, 0.29) is 5.56 Å². The highest BCUT2D eigenvalue weighted by molar-refractivity contribution is 6.31. The van der Waals surface area contributed by atoms with Gasteiger partial charge in [-0.25, -0.2) is 9.78 Å². The first kappa shape index (κ1) is 12.7. The van der Waals surface area contributed by atoms with Crippen LogP contribution in [0.1, 0.15) is 15.9 Å². The van der Waals surface area contributed by atoms with Crippen molar-refractivity contribution in [1.82, 2.24) is 4.98 Å². The van der Waals surface area contributed by atoms with Crippen LogP contribution in [0.25, 0.3) is 22.4 Å². The zero-order valence-corrected chi connectivity index (χ0v) is 11.3. The predicted octanol–water partition coefficient (Wildman–Crippen LogP) is 4.15. The van der Waals surface area contributed by atoms with Crippen molar-refractivity contribution in [3.63, 3.8) is 0 Å². The Bertz CT molecular complexity index is 810. The zero-order chi connectivity index (χ0) is 14.3. The fourth-order valence-electron chi connectivity index (χ4n) is 2.18. The van der Waals surface area contributed by atoms with Crippen LogP contribution in [-0.4, -0.2) is 16.1 Å². The highest BCUT2D eigenvalue weighted by atomic mass is 35.5. The van der Waals surface area contributed by atoms with Crippen molar-refractivity contribution < 1.29 is 14.3 Å². The highest BCUT2D eigenvalue weighted by Crippen LogP contribution is 2.29. The van der Waals surface area contributed by atoms with E-state index >= 15 is 0 Å². The Labute approximate surface area is 119 Å². The number of fused-ring (bicyclic) bond motifs is 1. The monoisotopic (exact) mass is 287 g/mol. The number of aromatic carboxylic acids is 1. The fraction of sp³-hybridized carbons (Fsp3) is 0.0667. The number of hydrogen-bond acceptors (Lipinski definition) is 3. The van der Waals surface area contributed by atoms with Crippen LogP contribution in [0.2, 0.25) is 5.02 Å². The third-order valence-electron chi connectivity index (χ3n) is 3.07. The standard InChI is InChI=1S/C15H10ClNO3/c1-8-5-9(16)6-10-11(15(18)19)7-12(17-14(8)10)13-3-2-4-20-13/h2-7H,1H3,(H,18,19). The van der Waals surface area contributed by atoms with E-state index in [2.05, 4.69) is 4.98 Å². The van der Waals surface area contributed by atoms with Gasteiger partial charge in [-0.05, 0) is 42.8 Å². The number of pyridine rings is 1. The second-order valence-electron chi connectivity index (χ2n) is 4.46. The van der Waals surface area contributed by atoms with Crippen molar-refractivity contribution in [2.24, 2.45) is 0 Å². The molecule has 0 aliphatic rings. The molecule has 100 valence electrons. The number of carboxylic acids is 1. The van der Waals surface area contributed by atoms with Gasteiger partial charge in [-0.3, -0.25) is 0 Å². The van der Waals surface area contributed by atoms with Crippen LogP contribution in [0.3, 0.4) is 0 Å². The van der Waals surface area contributed by atoms with Gasteiger partial charge in [0.1, 0.15) is 5.69 Å². The topological polar surface area (TPSA) is 63.3 Å². The van der Waals surface area contributed by atoms with Gasteiger partial charge < -0.3 is 9.52 Å². The Hall–Kier alpha value is -2.33. The average molecular weight is 288 g/mol. The molecule has 0 radical (unpaired) electrons. The Balaban J connectivity index is 2.40. The number of aryl methyl sites for hydroxylation is 1. The second kappa shape index (κ2) is 4.65. The van der Waals surface area contributed by atoms with Crippen LogP contribution in [0.4, 0.5) is 0 Å². The Morgan fingerprint density at radius 3 is 2.80 bits per heavy atom. The summed E-state index contributed by atoms with van der Waals surface area (Å²) in [6.45, 7) is 1.85. The first-order chi connectivity index (χ1) is 9.56. The summed E-state index contributed by atoms with van der Waals surface area (Å²) >= 11 is 6.00. The SMILES string of the molecule is Cc1cc(Cl)cc2c(C(=O)O)cc(-c3ccco3)nc12. The van der Waals surface area contributed by atoms with Crippen molar-refractivity contribution in [3.8, 4) is 11.5 Å². The van der Waals surface area contributed by atoms with E-state index in [1.165, 1.54) is 12.3 Å². The number of benzene rings is 1. The third kappa shape index (κ3) is 2.04. The second-order valence-corrected chi connectivity index (χ2v) is 4.89. The summed E-state index contributed by atoms with van der Waals surface area (Å²) in [5.74, 6) is -0.490. The van der Waals surface area contributed by atoms with Crippen LogP contribution in [0.5, 0.6) is 0 Å².